The zero-order valence-electron chi connectivity index (χ0n) is 19.2. The molecule has 0 aromatic heterocycles. The highest BCUT2D eigenvalue weighted by atomic mass is 32.2. The van der Waals surface area contributed by atoms with E-state index in [0.29, 0.717) is 0 Å². The highest BCUT2D eigenvalue weighted by molar-refractivity contribution is 7.86. The summed E-state index contributed by atoms with van der Waals surface area (Å²) in [7, 11) is -7.08. The van der Waals surface area contributed by atoms with Crippen molar-refractivity contribution in [3.05, 3.63) is 65.7 Å². The minimum atomic E-state index is -4.21. The molecule has 0 unspecified atom stereocenters. The topological polar surface area (TPSA) is 155 Å². The standard InChI is InChI=1S/C22H27NO10S2/c1-14-9-11-16(12-10-14)35(28,29)31-13-17-19(24)20(33-34(3,26)27)18(22(30-2)32-17)23-21(25)15-7-5-4-6-8-15/h4-12,17-20,22,24H,13H2,1-3H3,(H,23,25)/t17-,18-,19-,20+,22-/m1/s1. The lowest BCUT2D eigenvalue weighted by Gasteiger charge is -2.43. The molecule has 1 amide bonds. The summed E-state index contributed by atoms with van der Waals surface area (Å²) in [6, 6.07) is 12.7. The predicted molar refractivity (Wildman–Crippen MR) is 123 cm³/mol. The largest absolute Gasteiger partial charge is 0.387 e. The number of methoxy groups -OCH3 is 1. The van der Waals surface area contributed by atoms with Crippen LogP contribution in [0.4, 0.5) is 0 Å². The maximum Gasteiger partial charge on any atom is 0.297 e. The van der Waals surface area contributed by atoms with Gasteiger partial charge in [-0.15, -0.1) is 0 Å². The van der Waals surface area contributed by atoms with Crippen LogP contribution >= 0.6 is 0 Å². The van der Waals surface area contributed by atoms with Crippen molar-refractivity contribution in [1.82, 2.24) is 5.32 Å². The van der Waals surface area contributed by atoms with Gasteiger partial charge in [-0.25, -0.2) is 0 Å². The molecule has 5 atom stereocenters. The number of aliphatic hydroxyl groups is 1. The van der Waals surface area contributed by atoms with Gasteiger partial charge in [-0.3, -0.25) is 13.2 Å². The van der Waals surface area contributed by atoms with Gasteiger partial charge < -0.3 is 19.9 Å². The summed E-state index contributed by atoms with van der Waals surface area (Å²) in [5.74, 6) is -0.591. The van der Waals surface area contributed by atoms with E-state index in [1.807, 2.05) is 0 Å². The molecular weight excluding hydrogens is 502 g/mol. The van der Waals surface area contributed by atoms with E-state index in [-0.39, 0.29) is 10.5 Å². The number of carbonyl (C=O) groups is 1. The molecule has 2 aromatic rings. The third-order valence-electron chi connectivity index (χ3n) is 5.22. The highest BCUT2D eigenvalue weighted by Gasteiger charge is 2.49. The molecule has 11 nitrogen and oxygen atoms in total. The van der Waals surface area contributed by atoms with Crippen molar-refractivity contribution in [3.63, 3.8) is 0 Å². The Morgan fingerprint density at radius 1 is 1.06 bits per heavy atom. The van der Waals surface area contributed by atoms with Gasteiger partial charge >= 0.3 is 0 Å². The number of hydrogen-bond donors (Lipinski definition) is 2. The van der Waals surface area contributed by atoms with E-state index in [9.17, 15) is 26.7 Å². The third kappa shape index (κ3) is 7.07. The molecule has 0 aliphatic carbocycles. The molecular formula is C22H27NO10S2. The fourth-order valence-corrected chi connectivity index (χ4v) is 5.03. The molecule has 0 saturated carbocycles. The number of carbonyl (C=O) groups excluding carboxylic acids is 1. The molecule has 1 fully saturated rings. The van der Waals surface area contributed by atoms with Crippen LogP contribution < -0.4 is 5.32 Å². The van der Waals surface area contributed by atoms with Crippen LogP contribution in [0.5, 0.6) is 0 Å². The van der Waals surface area contributed by atoms with Crippen molar-refractivity contribution in [1.29, 1.82) is 0 Å². The van der Waals surface area contributed by atoms with E-state index in [2.05, 4.69) is 5.32 Å². The molecule has 1 aliphatic heterocycles. The smallest absolute Gasteiger partial charge is 0.297 e. The van der Waals surface area contributed by atoms with Gasteiger partial charge in [-0.2, -0.15) is 16.8 Å². The maximum atomic E-state index is 12.7. The number of rotatable bonds is 9. The lowest BCUT2D eigenvalue weighted by atomic mass is 9.96. The molecule has 2 N–H and O–H groups in total. The van der Waals surface area contributed by atoms with Crippen LogP contribution in [0.1, 0.15) is 15.9 Å². The van der Waals surface area contributed by atoms with Gasteiger partial charge in [-0.1, -0.05) is 35.9 Å². The first-order valence-electron chi connectivity index (χ1n) is 10.5. The Bertz CT molecular complexity index is 1220. The Balaban J connectivity index is 1.82. The van der Waals surface area contributed by atoms with Crippen LogP contribution in [0.2, 0.25) is 0 Å². The quantitative estimate of drug-likeness (QED) is 0.441. The lowest BCUT2D eigenvalue weighted by molar-refractivity contribution is -0.255. The second-order valence-corrected chi connectivity index (χ2v) is 11.2. The van der Waals surface area contributed by atoms with E-state index < -0.39 is 63.4 Å². The fraction of sp³-hybridized carbons (Fsp3) is 0.409. The molecule has 3 rings (SSSR count). The van der Waals surface area contributed by atoms with E-state index in [1.165, 1.54) is 31.4 Å². The first kappa shape index (κ1) is 27.2. The molecule has 0 bridgehead atoms. The summed E-state index contributed by atoms with van der Waals surface area (Å²) in [6.45, 7) is 1.13. The first-order chi connectivity index (χ1) is 16.4. The van der Waals surface area contributed by atoms with Crippen LogP contribution in [-0.4, -0.2) is 78.5 Å². The van der Waals surface area contributed by atoms with E-state index >= 15 is 0 Å². The van der Waals surface area contributed by atoms with Crippen molar-refractivity contribution in [2.45, 2.75) is 42.5 Å². The van der Waals surface area contributed by atoms with E-state index in [1.54, 1.807) is 37.3 Å². The van der Waals surface area contributed by atoms with Gasteiger partial charge in [0.05, 0.1) is 17.8 Å². The van der Waals surface area contributed by atoms with Crippen LogP contribution in [0.3, 0.4) is 0 Å². The zero-order valence-corrected chi connectivity index (χ0v) is 20.9. The number of aliphatic hydroxyl groups excluding tert-OH is 1. The number of hydrogen-bond acceptors (Lipinski definition) is 10. The normalized spacial score (nSPS) is 25.2. The molecule has 0 spiro atoms. The highest BCUT2D eigenvalue weighted by Crippen LogP contribution is 2.27. The summed E-state index contributed by atoms with van der Waals surface area (Å²) in [4.78, 5) is 12.6. The van der Waals surface area contributed by atoms with Gasteiger partial charge in [0.25, 0.3) is 26.1 Å². The molecule has 2 aromatic carbocycles. The van der Waals surface area contributed by atoms with Crippen molar-refractivity contribution in [3.8, 4) is 0 Å². The second-order valence-electron chi connectivity index (χ2n) is 7.95. The Hall–Kier alpha value is -2.39. The van der Waals surface area contributed by atoms with Gasteiger partial charge in [0.15, 0.2) is 6.29 Å². The monoisotopic (exact) mass is 529 g/mol. The third-order valence-corrected chi connectivity index (χ3v) is 7.09. The van der Waals surface area contributed by atoms with Crippen molar-refractivity contribution in [2.24, 2.45) is 0 Å². The van der Waals surface area contributed by atoms with Crippen molar-refractivity contribution >= 4 is 26.1 Å². The summed E-state index contributed by atoms with van der Waals surface area (Å²) < 4.78 is 70.0. The summed E-state index contributed by atoms with van der Waals surface area (Å²) >= 11 is 0. The zero-order chi connectivity index (χ0) is 25.8. The Kier molecular flexibility index (Phi) is 8.64. The number of aryl methyl sites for hydroxylation is 1. The summed E-state index contributed by atoms with van der Waals surface area (Å²) in [5, 5.41) is 13.4. The van der Waals surface area contributed by atoms with Crippen LogP contribution in [0.25, 0.3) is 0 Å². The average Bonchev–Trinajstić information content (AvgIpc) is 2.81. The average molecular weight is 530 g/mol. The van der Waals surface area contributed by atoms with Crippen LogP contribution in [0, 0.1) is 6.92 Å². The van der Waals surface area contributed by atoms with Gasteiger partial charge in [0, 0.05) is 12.7 Å². The molecule has 0 radical (unpaired) electrons. The number of benzene rings is 2. The first-order valence-corrected chi connectivity index (χ1v) is 13.7. The van der Waals surface area contributed by atoms with Gasteiger partial charge in [0.1, 0.15) is 24.4 Å². The van der Waals surface area contributed by atoms with Gasteiger partial charge in [-0.05, 0) is 31.2 Å². The van der Waals surface area contributed by atoms with E-state index in [0.717, 1.165) is 11.8 Å². The molecule has 192 valence electrons. The lowest BCUT2D eigenvalue weighted by Crippen LogP contribution is -2.65. The van der Waals surface area contributed by atoms with E-state index in [4.69, 9.17) is 17.8 Å². The number of ether oxygens (including phenoxy) is 2. The molecule has 35 heavy (non-hydrogen) atoms. The minimum absolute atomic E-state index is 0.103. The Morgan fingerprint density at radius 3 is 2.26 bits per heavy atom. The molecule has 13 heteroatoms. The molecule has 1 saturated heterocycles. The Labute approximate surface area is 204 Å². The van der Waals surface area contributed by atoms with Crippen molar-refractivity contribution < 1.29 is 44.6 Å². The predicted octanol–water partition coefficient (Wildman–Crippen LogP) is 0.576. The van der Waals surface area contributed by atoms with Crippen LogP contribution in [-0.2, 0) is 38.1 Å². The SMILES string of the molecule is CO[C@@H]1O[C@H](COS(=O)(=O)c2ccc(C)cc2)[C@@H](O)[C@@H](OS(C)(=O)=O)[C@H]1NC(=O)c1ccccc1. The minimum Gasteiger partial charge on any atom is -0.387 e. The number of nitrogens with one attached hydrogen (secondary N) is 1. The Morgan fingerprint density at radius 2 is 1.69 bits per heavy atom. The summed E-state index contributed by atoms with van der Waals surface area (Å²) in [6.07, 6.45) is -5.15. The molecule has 1 heterocycles. The second kappa shape index (κ2) is 11.1. The van der Waals surface area contributed by atoms with Crippen LogP contribution in [0.15, 0.2) is 59.5 Å². The molecule has 1 aliphatic rings. The maximum absolute atomic E-state index is 12.7. The fourth-order valence-electron chi connectivity index (χ4n) is 3.48. The van der Waals surface area contributed by atoms with Crippen molar-refractivity contribution in [2.75, 3.05) is 20.0 Å². The van der Waals surface area contributed by atoms with Gasteiger partial charge in [0.2, 0.25) is 0 Å². The number of amides is 1. The summed E-state index contributed by atoms with van der Waals surface area (Å²) in [5.41, 5.74) is 1.12.